The van der Waals surface area contributed by atoms with E-state index in [1.165, 1.54) is 0 Å². The number of rotatable bonds is 3. The number of carbonyl (C=O) groups excluding carboxylic acids is 2. The zero-order valence-electron chi connectivity index (χ0n) is 9.50. The molecule has 1 fully saturated rings. The lowest BCUT2D eigenvalue weighted by molar-refractivity contribution is -0.121. The first-order valence-electron chi connectivity index (χ1n) is 5.55. The molecular formula is C12H12Cl2N2O2. The second-order valence-electron chi connectivity index (χ2n) is 4.15. The fourth-order valence-electron chi connectivity index (χ4n) is 1.85. The summed E-state index contributed by atoms with van der Waals surface area (Å²) in [4.78, 5) is 22.8. The van der Waals surface area contributed by atoms with Crippen LogP contribution < -0.4 is 10.6 Å². The van der Waals surface area contributed by atoms with Crippen molar-refractivity contribution in [2.24, 2.45) is 0 Å². The van der Waals surface area contributed by atoms with Crippen molar-refractivity contribution < 1.29 is 9.59 Å². The zero-order valence-corrected chi connectivity index (χ0v) is 11.0. The van der Waals surface area contributed by atoms with Gasteiger partial charge in [0.2, 0.25) is 11.8 Å². The molecule has 96 valence electrons. The van der Waals surface area contributed by atoms with Gasteiger partial charge in [0.15, 0.2) is 0 Å². The molecule has 1 aromatic rings. The van der Waals surface area contributed by atoms with Gasteiger partial charge in [-0.1, -0.05) is 29.3 Å². The molecule has 18 heavy (non-hydrogen) atoms. The molecule has 0 bridgehead atoms. The number of hydrogen-bond acceptors (Lipinski definition) is 2. The van der Waals surface area contributed by atoms with Crippen LogP contribution >= 0.6 is 23.2 Å². The maximum absolute atomic E-state index is 11.8. The van der Waals surface area contributed by atoms with E-state index >= 15 is 0 Å². The third-order valence-electron chi connectivity index (χ3n) is 2.74. The third kappa shape index (κ3) is 3.15. The highest BCUT2D eigenvalue weighted by Crippen LogP contribution is 2.24. The van der Waals surface area contributed by atoms with Crippen LogP contribution in [-0.2, 0) is 16.0 Å². The van der Waals surface area contributed by atoms with Crippen molar-refractivity contribution in [1.29, 1.82) is 0 Å². The van der Waals surface area contributed by atoms with Gasteiger partial charge in [0.05, 0.1) is 12.5 Å². The number of halogens is 2. The maximum atomic E-state index is 11.8. The Morgan fingerprint density at radius 3 is 2.61 bits per heavy atom. The van der Waals surface area contributed by atoms with Crippen molar-refractivity contribution in [3.05, 3.63) is 33.8 Å². The van der Waals surface area contributed by atoms with Gasteiger partial charge in [-0.25, -0.2) is 0 Å². The summed E-state index contributed by atoms with van der Waals surface area (Å²) < 4.78 is 0. The Bertz CT molecular complexity index is 471. The molecule has 2 amide bonds. The van der Waals surface area contributed by atoms with Crippen molar-refractivity contribution in [1.82, 2.24) is 10.6 Å². The molecule has 2 rings (SSSR count). The van der Waals surface area contributed by atoms with Crippen LogP contribution in [0.5, 0.6) is 0 Å². The van der Waals surface area contributed by atoms with Gasteiger partial charge in [0.25, 0.3) is 0 Å². The molecule has 0 aromatic heterocycles. The van der Waals surface area contributed by atoms with Gasteiger partial charge in [-0.15, -0.1) is 0 Å². The molecule has 0 spiro atoms. The third-order valence-corrected chi connectivity index (χ3v) is 3.45. The number of hydrogen-bond donors (Lipinski definition) is 2. The minimum atomic E-state index is -0.188. The van der Waals surface area contributed by atoms with Crippen LogP contribution in [0.4, 0.5) is 0 Å². The van der Waals surface area contributed by atoms with Gasteiger partial charge in [0, 0.05) is 23.0 Å². The molecule has 1 aliphatic heterocycles. The average molecular weight is 287 g/mol. The van der Waals surface area contributed by atoms with Gasteiger partial charge in [0.1, 0.15) is 0 Å². The van der Waals surface area contributed by atoms with Crippen LogP contribution in [0, 0.1) is 0 Å². The maximum Gasteiger partial charge on any atom is 0.224 e. The standard InChI is InChI=1S/C12H12Cl2N2O2/c13-9-2-1-3-10(14)8(9)5-12(18)16-7-4-11(17)15-6-7/h1-3,7H,4-6H2,(H,15,17)(H,16,18). The van der Waals surface area contributed by atoms with Gasteiger partial charge >= 0.3 is 0 Å². The summed E-state index contributed by atoms with van der Waals surface area (Å²) in [5.41, 5.74) is 0.607. The van der Waals surface area contributed by atoms with Crippen molar-refractivity contribution in [2.45, 2.75) is 18.9 Å². The number of carbonyl (C=O) groups is 2. The van der Waals surface area contributed by atoms with E-state index in [-0.39, 0.29) is 24.3 Å². The minimum Gasteiger partial charge on any atom is -0.354 e. The predicted molar refractivity (Wildman–Crippen MR) is 69.7 cm³/mol. The quantitative estimate of drug-likeness (QED) is 0.886. The lowest BCUT2D eigenvalue weighted by atomic mass is 10.1. The van der Waals surface area contributed by atoms with E-state index in [1.807, 2.05) is 0 Å². The number of nitrogens with one attached hydrogen (secondary N) is 2. The van der Waals surface area contributed by atoms with E-state index in [9.17, 15) is 9.59 Å². The molecule has 4 nitrogen and oxygen atoms in total. The van der Waals surface area contributed by atoms with E-state index in [4.69, 9.17) is 23.2 Å². The van der Waals surface area contributed by atoms with Gasteiger partial charge in [-0.2, -0.15) is 0 Å². The average Bonchev–Trinajstić information content (AvgIpc) is 2.69. The molecule has 6 heteroatoms. The van der Waals surface area contributed by atoms with Crippen molar-refractivity contribution >= 4 is 35.0 Å². The minimum absolute atomic E-state index is 0.0453. The monoisotopic (exact) mass is 286 g/mol. The molecule has 2 N–H and O–H groups in total. The largest absolute Gasteiger partial charge is 0.354 e. The first-order chi connectivity index (χ1) is 8.56. The fraction of sp³-hybridized carbons (Fsp3) is 0.333. The lowest BCUT2D eigenvalue weighted by Crippen LogP contribution is -2.37. The normalized spacial score (nSPS) is 18.6. The highest BCUT2D eigenvalue weighted by atomic mass is 35.5. The molecule has 0 aliphatic carbocycles. The van der Waals surface area contributed by atoms with Crippen LogP contribution in [0.1, 0.15) is 12.0 Å². The van der Waals surface area contributed by atoms with E-state index in [0.717, 1.165) is 0 Å². The molecule has 1 atom stereocenters. The van der Waals surface area contributed by atoms with Crippen LogP contribution in [0.25, 0.3) is 0 Å². The van der Waals surface area contributed by atoms with E-state index in [1.54, 1.807) is 18.2 Å². The van der Waals surface area contributed by atoms with E-state index in [2.05, 4.69) is 10.6 Å². The summed E-state index contributed by atoms with van der Waals surface area (Å²) in [5.74, 6) is -0.234. The molecule has 0 radical (unpaired) electrons. The van der Waals surface area contributed by atoms with Crippen LogP contribution in [-0.4, -0.2) is 24.4 Å². The van der Waals surface area contributed by atoms with Crippen molar-refractivity contribution in [3.63, 3.8) is 0 Å². The fourth-order valence-corrected chi connectivity index (χ4v) is 2.38. The summed E-state index contributed by atoms with van der Waals surface area (Å²) in [6, 6.07) is 4.96. The highest BCUT2D eigenvalue weighted by Gasteiger charge is 2.23. The first-order valence-corrected chi connectivity index (χ1v) is 6.31. The molecule has 1 unspecified atom stereocenters. The van der Waals surface area contributed by atoms with E-state index in [0.29, 0.717) is 28.6 Å². The SMILES string of the molecule is O=C1CC(NC(=O)Cc2c(Cl)cccc2Cl)CN1. The smallest absolute Gasteiger partial charge is 0.224 e. The predicted octanol–water partition coefficient (Wildman–Crippen LogP) is 1.54. The zero-order chi connectivity index (χ0) is 13.1. The Balaban J connectivity index is 1.97. The summed E-state index contributed by atoms with van der Waals surface area (Å²) in [6.45, 7) is 0.473. The molecule has 1 aromatic carbocycles. The summed E-state index contributed by atoms with van der Waals surface area (Å²) in [5, 5.41) is 6.37. The van der Waals surface area contributed by atoms with E-state index < -0.39 is 0 Å². The molecule has 1 heterocycles. The Morgan fingerprint density at radius 2 is 2.06 bits per heavy atom. The van der Waals surface area contributed by atoms with Gasteiger partial charge in [-0.3, -0.25) is 9.59 Å². The summed E-state index contributed by atoms with van der Waals surface area (Å²) >= 11 is 12.0. The second-order valence-corrected chi connectivity index (χ2v) is 4.96. The topological polar surface area (TPSA) is 58.2 Å². The molecule has 1 saturated heterocycles. The number of amides is 2. The Morgan fingerprint density at radius 1 is 1.39 bits per heavy atom. The van der Waals surface area contributed by atoms with Crippen molar-refractivity contribution in [2.75, 3.05) is 6.54 Å². The van der Waals surface area contributed by atoms with Gasteiger partial charge in [-0.05, 0) is 17.7 Å². The summed E-state index contributed by atoms with van der Waals surface area (Å²) in [6.07, 6.45) is 0.436. The highest BCUT2D eigenvalue weighted by molar-refractivity contribution is 6.36. The molecule has 1 aliphatic rings. The van der Waals surface area contributed by atoms with Crippen molar-refractivity contribution in [3.8, 4) is 0 Å². The number of benzene rings is 1. The Labute approximate surface area is 115 Å². The van der Waals surface area contributed by atoms with Crippen LogP contribution in [0.15, 0.2) is 18.2 Å². The molecule has 0 saturated carbocycles. The van der Waals surface area contributed by atoms with Crippen LogP contribution in [0.3, 0.4) is 0 Å². The molecular weight excluding hydrogens is 275 g/mol. The van der Waals surface area contributed by atoms with Gasteiger partial charge < -0.3 is 10.6 Å². The second kappa shape index (κ2) is 5.59. The Kier molecular flexibility index (Phi) is 4.09. The Hall–Kier alpha value is -1.26. The first kappa shape index (κ1) is 13.2. The lowest BCUT2D eigenvalue weighted by Gasteiger charge is -2.11. The van der Waals surface area contributed by atoms with Crippen LogP contribution in [0.2, 0.25) is 10.0 Å². The summed E-state index contributed by atoms with van der Waals surface area (Å²) in [7, 11) is 0.